The van der Waals surface area contributed by atoms with Gasteiger partial charge in [-0.1, -0.05) is 0 Å². The number of amidine groups is 1. The van der Waals surface area contributed by atoms with Crippen molar-refractivity contribution >= 4 is 17.7 Å². The van der Waals surface area contributed by atoms with E-state index in [0.29, 0.717) is 37.7 Å². The number of morpholine rings is 1. The zero-order chi connectivity index (χ0) is 12.3. The molecule has 17 heavy (non-hydrogen) atoms. The van der Waals surface area contributed by atoms with Crippen LogP contribution in [0.2, 0.25) is 0 Å². The molecule has 2 amide bonds. The van der Waals surface area contributed by atoms with Gasteiger partial charge in [0.05, 0.1) is 25.0 Å². The van der Waals surface area contributed by atoms with Gasteiger partial charge in [-0.05, 0) is 0 Å². The Morgan fingerprint density at radius 3 is 2.94 bits per heavy atom. The number of aromatic amines is 1. The third kappa shape index (κ3) is 2.53. The lowest BCUT2D eigenvalue weighted by Gasteiger charge is -2.26. The summed E-state index contributed by atoms with van der Waals surface area (Å²) in [6.07, 6.45) is 1.40. The molecule has 0 unspecified atom stereocenters. The lowest BCUT2D eigenvalue weighted by Crippen LogP contribution is -2.43. The van der Waals surface area contributed by atoms with Crippen LogP contribution in [0.1, 0.15) is 5.56 Å². The van der Waals surface area contributed by atoms with Gasteiger partial charge in [-0.3, -0.25) is 15.8 Å². The topological polar surface area (TPSA) is 120 Å². The predicted molar refractivity (Wildman–Crippen MR) is 61.0 cm³/mol. The highest BCUT2D eigenvalue weighted by atomic mass is 16.5. The molecule has 0 saturated carbocycles. The Bertz CT molecular complexity index is 423. The van der Waals surface area contributed by atoms with E-state index in [4.69, 9.17) is 15.9 Å². The molecule has 0 aromatic carbocycles. The average molecular weight is 238 g/mol. The predicted octanol–water partition coefficient (Wildman–Crippen LogP) is -0.442. The SMILES string of the molecule is N=C(N)c1cn[nH]c1NC(=O)N1CCOCC1. The second-order valence-electron chi connectivity index (χ2n) is 3.60. The van der Waals surface area contributed by atoms with E-state index in [-0.39, 0.29) is 11.9 Å². The summed E-state index contributed by atoms with van der Waals surface area (Å²) in [6.45, 7) is 2.18. The summed E-state index contributed by atoms with van der Waals surface area (Å²) in [5.41, 5.74) is 5.73. The van der Waals surface area contributed by atoms with Crippen LogP contribution in [0.4, 0.5) is 10.6 Å². The smallest absolute Gasteiger partial charge is 0.323 e. The zero-order valence-electron chi connectivity index (χ0n) is 9.19. The molecule has 0 bridgehead atoms. The summed E-state index contributed by atoms with van der Waals surface area (Å²) in [5, 5.41) is 16.3. The van der Waals surface area contributed by atoms with E-state index in [2.05, 4.69) is 15.5 Å². The number of nitrogens with one attached hydrogen (secondary N) is 3. The fourth-order valence-corrected chi connectivity index (χ4v) is 1.54. The first-order chi connectivity index (χ1) is 8.18. The van der Waals surface area contributed by atoms with Gasteiger partial charge in [0.1, 0.15) is 11.7 Å². The number of H-pyrrole nitrogens is 1. The normalized spacial score (nSPS) is 15.6. The molecule has 1 aromatic heterocycles. The van der Waals surface area contributed by atoms with E-state index < -0.39 is 0 Å². The molecule has 0 aliphatic carbocycles. The second kappa shape index (κ2) is 4.83. The van der Waals surface area contributed by atoms with Gasteiger partial charge < -0.3 is 15.4 Å². The Kier molecular flexibility index (Phi) is 3.24. The van der Waals surface area contributed by atoms with Crippen molar-refractivity contribution in [3.8, 4) is 0 Å². The molecule has 5 N–H and O–H groups in total. The average Bonchev–Trinajstić information content (AvgIpc) is 2.78. The monoisotopic (exact) mass is 238 g/mol. The number of anilines is 1. The Labute approximate surface area is 97.6 Å². The van der Waals surface area contributed by atoms with E-state index in [1.807, 2.05) is 0 Å². The van der Waals surface area contributed by atoms with Crippen LogP contribution in [0.5, 0.6) is 0 Å². The van der Waals surface area contributed by atoms with E-state index in [1.54, 1.807) is 4.90 Å². The van der Waals surface area contributed by atoms with Gasteiger partial charge in [0.15, 0.2) is 0 Å². The number of carbonyl (C=O) groups is 1. The van der Waals surface area contributed by atoms with E-state index in [0.717, 1.165) is 0 Å². The van der Waals surface area contributed by atoms with Gasteiger partial charge in [0.2, 0.25) is 0 Å². The molecular formula is C9H14N6O2. The number of ether oxygens (including phenoxy) is 1. The third-order valence-electron chi connectivity index (χ3n) is 2.46. The van der Waals surface area contributed by atoms with Crippen molar-refractivity contribution in [2.24, 2.45) is 5.73 Å². The van der Waals surface area contributed by atoms with Gasteiger partial charge in [-0.2, -0.15) is 5.10 Å². The molecule has 2 heterocycles. The molecule has 8 heteroatoms. The molecule has 1 aliphatic rings. The van der Waals surface area contributed by atoms with Gasteiger partial charge >= 0.3 is 6.03 Å². The van der Waals surface area contributed by atoms with Crippen molar-refractivity contribution in [2.75, 3.05) is 31.6 Å². The fraction of sp³-hybridized carbons (Fsp3) is 0.444. The number of hydrogen-bond acceptors (Lipinski definition) is 4. The maximum absolute atomic E-state index is 11.8. The minimum absolute atomic E-state index is 0.143. The summed E-state index contributed by atoms with van der Waals surface area (Å²) in [7, 11) is 0. The van der Waals surface area contributed by atoms with Crippen molar-refractivity contribution in [3.63, 3.8) is 0 Å². The highest BCUT2D eigenvalue weighted by molar-refractivity contribution is 6.02. The zero-order valence-corrected chi connectivity index (χ0v) is 9.19. The summed E-state index contributed by atoms with van der Waals surface area (Å²) in [5.74, 6) is 0.199. The van der Waals surface area contributed by atoms with Crippen molar-refractivity contribution in [2.45, 2.75) is 0 Å². The number of nitrogen functional groups attached to an aromatic ring is 1. The van der Waals surface area contributed by atoms with Crippen LogP contribution in [0.3, 0.4) is 0 Å². The number of nitrogens with two attached hydrogens (primary N) is 1. The molecular weight excluding hydrogens is 224 g/mol. The van der Waals surface area contributed by atoms with Gasteiger partial charge in [0.25, 0.3) is 0 Å². The first kappa shape index (κ1) is 11.4. The first-order valence-electron chi connectivity index (χ1n) is 5.20. The van der Waals surface area contributed by atoms with E-state index in [1.165, 1.54) is 6.20 Å². The number of rotatable bonds is 2. The van der Waals surface area contributed by atoms with E-state index >= 15 is 0 Å². The molecule has 2 rings (SSSR count). The molecule has 1 saturated heterocycles. The third-order valence-corrected chi connectivity index (χ3v) is 2.46. The Morgan fingerprint density at radius 2 is 2.29 bits per heavy atom. The first-order valence-corrected chi connectivity index (χ1v) is 5.20. The summed E-state index contributed by atoms with van der Waals surface area (Å²) < 4.78 is 5.15. The number of urea groups is 1. The number of carbonyl (C=O) groups excluding carboxylic acids is 1. The van der Waals surface area contributed by atoms with Crippen molar-refractivity contribution in [3.05, 3.63) is 11.8 Å². The molecule has 1 aliphatic heterocycles. The second-order valence-corrected chi connectivity index (χ2v) is 3.60. The Balaban J connectivity index is 2.02. The van der Waals surface area contributed by atoms with Crippen LogP contribution < -0.4 is 11.1 Å². The summed E-state index contributed by atoms with van der Waals surface area (Å²) >= 11 is 0. The quantitative estimate of drug-likeness (QED) is 0.412. The number of amides is 2. The van der Waals surface area contributed by atoms with E-state index in [9.17, 15) is 4.79 Å². The number of nitrogens with zero attached hydrogens (tertiary/aromatic N) is 2. The Morgan fingerprint density at radius 1 is 1.59 bits per heavy atom. The molecule has 0 radical (unpaired) electrons. The van der Waals surface area contributed by atoms with Crippen LogP contribution in [0.15, 0.2) is 6.20 Å². The standard InChI is InChI=1S/C9H14N6O2/c10-7(11)6-5-12-14-8(6)13-9(16)15-1-3-17-4-2-15/h5H,1-4H2,(H3,10,11)(H2,12,13,14,16). The molecule has 1 aromatic rings. The van der Waals surface area contributed by atoms with Crippen LogP contribution in [0.25, 0.3) is 0 Å². The van der Waals surface area contributed by atoms with Crippen molar-refractivity contribution < 1.29 is 9.53 Å². The minimum atomic E-state index is -0.250. The highest BCUT2D eigenvalue weighted by Crippen LogP contribution is 2.11. The minimum Gasteiger partial charge on any atom is -0.384 e. The Hall–Kier alpha value is -2.09. The lowest BCUT2D eigenvalue weighted by molar-refractivity contribution is 0.0564. The van der Waals surface area contributed by atoms with Gasteiger partial charge in [-0.15, -0.1) is 0 Å². The molecule has 8 nitrogen and oxygen atoms in total. The molecule has 0 spiro atoms. The van der Waals surface area contributed by atoms with Crippen molar-refractivity contribution in [1.82, 2.24) is 15.1 Å². The lowest BCUT2D eigenvalue weighted by atomic mass is 10.3. The molecule has 1 fully saturated rings. The van der Waals surface area contributed by atoms with Gasteiger partial charge in [-0.25, -0.2) is 4.79 Å². The maximum atomic E-state index is 11.8. The van der Waals surface area contributed by atoms with Gasteiger partial charge in [0, 0.05) is 13.1 Å². The van der Waals surface area contributed by atoms with Crippen LogP contribution >= 0.6 is 0 Å². The largest absolute Gasteiger partial charge is 0.384 e. The van der Waals surface area contributed by atoms with Crippen LogP contribution in [-0.4, -0.2) is 53.3 Å². The number of hydrogen-bond donors (Lipinski definition) is 4. The maximum Gasteiger partial charge on any atom is 0.323 e. The fourth-order valence-electron chi connectivity index (χ4n) is 1.54. The molecule has 92 valence electrons. The van der Waals surface area contributed by atoms with Crippen LogP contribution in [0, 0.1) is 5.41 Å². The van der Waals surface area contributed by atoms with Crippen molar-refractivity contribution in [1.29, 1.82) is 5.41 Å². The highest BCUT2D eigenvalue weighted by Gasteiger charge is 2.18. The summed E-state index contributed by atoms with van der Waals surface area (Å²) in [4.78, 5) is 13.5. The molecule has 0 atom stereocenters. The summed E-state index contributed by atoms with van der Waals surface area (Å²) in [6, 6.07) is -0.250. The van der Waals surface area contributed by atoms with Crippen LogP contribution in [-0.2, 0) is 4.74 Å². The number of aromatic nitrogens is 2.